The van der Waals surface area contributed by atoms with Crippen molar-refractivity contribution in [3.63, 3.8) is 0 Å². The zero-order valence-electron chi connectivity index (χ0n) is 10.8. The molecule has 1 heterocycles. The Morgan fingerprint density at radius 3 is 2.80 bits per heavy atom. The highest BCUT2D eigenvalue weighted by Crippen LogP contribution is 2.30. The number of benzene rings is 1. The lowest BCUT2D eigenvalue weighted by molar-refractivity contribution is -0.384. The van der Waals surface area contributed by atoms with Gasteiger partial charge in [-0.15, -0.1) is 0 Å². The van der Waals surface area contributed by atoms with E-state index < -0.39 is 10.9 Å². The van der Waals surface area contributed by atoms with Crippen LogP contribution in [0, 0.1) is 10.1 Å². The summed E-state index contributed by atoms with van der Waals surface area (Å²) in [4.78, 5) is 26.2. The van der Waals surface area contributed by atoms with Gasteiger partial charge in [-0.1, -0.05) is 6.07 Å². The predicted octanol–water partition coefficient (Wildman–Crippen LogP) is 2.83. The normalized spacial score (nSPS) is 10.1. The number of carbonyl (C=O) groups is 1. The summed E-state index contributed by atoms with van der Waals surface area (Å²) in [5.74, 6) is -0.576. The number of ether oxygens (including phenoxy) is 1. The molecule has 102 valence electrons. The van der Waals surface area contributed by atoms with E-state index in [0.717, 1.165) is 0 Å². The molecule has 2 rings (SSSR count). The molecular weight excluding hydrogens is 260 g/mol. The Labute approximate surface area is 115 Å². The highest BCUT2D eigenvalue weighted by atomic mass is 16.6. The third-order valence-electron chi connectivity index (χ3n) is 2.68. The standard InChI is InChI=1S/C14H12N2O4/c1-2-20-14(17)10-5-6-12(13(8-10)16(18)19)11-4-3-7-15-9-11/h3-9H,2H2,1H3. The Morgan fingerprint density at radius 2 is 2.20 bits per heavy atom. The van der Waals surface area contributed by atoms with Crippen LogP contribution in [0.5, 0.6) is 0 Å². The molecule has 1 aromatic heterocycles. The first-order chi connectivity index (χ1) is 9.63. The van der Waals surface area contributed by atoms with Crippen LogP contribution < -0.4 is 0 Å². The number of nitrogens with zero attached hydrogens (tertiary/aromatic N) is 2. The molecule has 0 fully saturated rings. The van der Waals surface area contributed by atoms with E-state index in [0.29, 0.717) is 11.1 Å². The molecule has 0 atom stereocenters. The van der Waals surface area contributed by atoms with Crippen LogP contribution in [-0.4, -0.2) is 22.5 Å². The molecule has 1 aromatic carbocycles. The number of nitro groups is 1. The fourth-order valence-electron chi connectivity index (χ4n) is 1.79. The average Bonchev–Trinajstić information content (AvgIpc) is 2.47. The Balaban J connectivity index is 2.49. The molecule has 0 amide bonds. The second-order valence-corrected chi connectivity index (χ2v) is 3.95. The van der Waals surface area contributed by atoms with Gasteiger partial charge in [0.05, 0.1) is 22.7 Å². The SMILES string of the molecule is CCOC(=O)c1ccc(-c2cccnc2)c([N+](=O)[O-])c1. The van der Waals surface area contributed by atoms with Gasteiger partial charge >= 0.3 is 5.97 Å². The van der Waals surface area contributed by atoms with E-state index in [9.17, 15) is 14.9 Å². The topological polar surface area (TPSA) is 82.3 Å². The van der Waals surface area contributed by atoms with Crippen LogP contribution in [0.4, 0.5) is 5.69 Å². The maximum absolute atomic E-state index is 11.6. The minimum Gasteiger partial charge on any atom is -0.462 e. The molecule has 0 bridgehead atoms. The minimum atomic E-state index is -0.576. The van der Waals surface area contributed by atoms with Crippen LogP contribution in [0.1, 0.15) is 17.3 Å². The zero-order chi connectivity index (χ0) is 14.5. The Bertz CT molecular complexity index is 641. The van der Waals surface area contributed by atoms with E-state index >= 15 is 0 Å². The smallest absolute Gasteiger partial charge is 0.338 e. The van der Waals surface area contributed by atoms with E-state index in [2.05, 4.69) is 4.98 Å². The minimum absolute atomic E-state index is 0.149. The summed E-state index contributed by atoms with van der Waals surface area (Å²) >= 11 is 0. The van der Waals surface area contributed by atoms with Gasteiger partial charge in [-0.2, -0.15) is 0 Å². The van der Waals surface area contributed by atoms with Crippen LogP contribution in [0.15, 0.2) is 42.7 Å². The molecule has 0 N–H and O–H groups in total. The molecule has 0 radical (unpaired) electrons. The molecule has 0 unspecified atom stereocenters. The number of carbonyl (C=O) groups excluding carboxylic acids is 1. The molecule has 0 spiro atoms. The maximum atomic E-state index is 11.6. The number of nitro benzene ring substituents is 1. The first kappa shape index (κ1) is 13.7. The molecule has 20 heavy (non-hydrogen) atoms. The van der Waals surface area contributed by atoms with Gasteiger partial charge in [0, 0.05) is 24.0 Å². The van der Waals surface area contributed by atoms with E-state index in [1.54, 1.807) is 25.3 Å². The largest absolute Gasteiger partial charge is 0.462 e. The number of hydrogen-bond acceptors (Lipinski definition) is 5. The molecule has 6 heteroatoms. The van der Waals surface area contributed by atoms with Gasteiger partial charge in [0.1, 0.15) is 0 Å². The van der Waals surface area contributed by atoms with Gasteiger partial charge in [0.2, 0.25) is 0 Å². The van der Waals surface area contributed by atoms with Crippen LogP contribution in [0.3, 0.4) is 0 Å². The van der Waals surface area contributed by atoms with E-state index in [-0.39, 0.29) is 17.9 Å². The van der Waals surface area contributed by atoms with Gasteiger partial charge in [0.25, 0.3) is 5.69 Å². The second kappa shape index (κ2) is 5.92. The van der Waals surface area contributed by atoms with Crippen molar-refractivity contribution in [3.05, 3.63) is 58.4 Å². The van der Waals surface area contributed by atoms with Crippen molar-refractivity contribution in [1.29, 1.82) is 0 Å². The number of hydrogen-bond donors (Lipinski definition) is 0. The summed E-state index contributed by atoms with van der Waals surface area (Å²) in [7, 11) is 0. The van der Waals surface area contributed by atoms with Crippen molar-refractivity contribution in [3.8, 4) is 11.1 Å². The van der Waals surface area contributed by atoms with Gasteiger partial charge in [0.15, 0.2) is 0 Å². The van der Waals surface area contributed by atoms with Gasteiger partial charge in [-0.3, -0.25) is 15.1 Å². The number of rotatable bonds is 4. The summed E-state index contributed by atoms with van der Waals surface area (Å²) in [6, 6.07) is 7.67. The summed E-state index contributed by atoms with van der Waals surface area (Å²) in [6.45, 7) is 1.90. The molecular formula is C14H12N2O4. The number of esters is 1. The van der Waals surface area contributed by atoms with E-state index in [1.165, 1.54) is 24.4 Å². The van der Waals surface area contributed by atoms with Crippen molar-refractivity contribution < 1.29 is 14.5 Å². The van der Waals surface area contributed by atoms with E-state index in [4.69, 9.17) is 4.74 Å². The quantitative estimate of drug-likeness (QED) is 0.485. The molecule has 0 saturated heterocycles. The van der Waals surface area contributed by atoms with Crippen LogP contribution in [0.2, 0.25) is 0 Å². The van der Waals surface area contributed by atoms with Crippen molar-refractivity contribution in [2.45, 2.75) is 6.92 Å². The lowest BCUT2D eigenvalue weighted by atomic mass is 10.0. The third-order valence-corrected chi connectivity index (χ3v) is 2.68. The van der Waals surface area contributed by atoms with Gasteiger partial charge < -0.3 is 4.74 Å². The molecule has 6 nitrogen and oxygen atoms in total. The zero-order valence-corrected chi connectivity index (χ0v) is 10.8. The van der Waals surface area contributed by atoms with Crippen molar-refractivity contribution in [2.24, 2.45) is 0 Å². The average molecular weight is 272 g/mol. The lowest BCUT2D eigenvalue weighted by Gasteiger charge is -2.05. The second-order valence-electron chi connectivity index (χ2n) is 3.95. The molecule has 0 saturated carbocycles. The molecule has 2 aromatic rings. The predicted molar refractivity (Wildman–Crippen MR) is 72.3 cm³/mol. The van der Waals surface area contributed by atoms with Crippen LogP contribution >= 0.6 is 0 Å². The van der Waals surface area contributed by atoms with Gasteiger partial charge in [-0.05, 0) is 25.1 Å². The summed E-state index contributed by atoms with van der Waals surface area (Å²) in [6.07, 6.45) is 3.12. The molecule has 0 aliphatic carbocycles. The van der Waals surface area contributed by atoms with Crippen molar-refractivity contribution in [1.82, 2.24) is 4.98 Å². The Kier molecular flexibility index (Phi) is 4.05. The Morgan fingerprint density at radius 1 is 1.40 bits per heavy atom. The number of pyridine rings is 1. The summed E-state index contributed by atoms with van der Waals surface area (Å²) in [5, 5.41) is 11.2. The van der Waals surface area contributed by atoms with Crippen LogP contribution in [0.25, 0.3) is 11.1 Å². The Hall–Kier alpha value is -2.76. The third kappa shape index (κ3) is 2.80. The fourth-order valence-corrected chi connectivity index (χ4v) is 1.79. The van der Waals surface area contributed by atoms with Crippen LogP contribution in [-0.2, 0) is 4.74 Å². The van der Waals surface area contributed by atoms with Gasteiger partial charge in [-0.25, -0.2) is 4.79 Å². The summed E-state index contributed by atoms with van der Waals surface area (Å²) < 4.78 is 4.83. The summed E-state index contributed by atoms with van der Waals surface area (Å²) in [5.41, 5.74) is 1.04. The maximum Gasteiger partial charge on any atom is 0.338 e. The van der Waals surface area contributed by atoms with Crippen molar-refractivity contribution in [2.75, 3.05) is 6.61 Å². The van der Waals surface area contributed by atoms with E-state index in [1.807, 2.05) is 0 Å². The highest BCUT2D eigenvalue weighted by molar-refractivity contribution is 5.92. The fraction of sp³-hybridized carbons (Fsp3) is 0.143. The first-order valence-corrected chi connectivity index (χ1v) is 5.99. The first-order valence-electron chi connectivity index (χ1n) is 5.99. The molecule has 0 aliphatic heterocycles. The lowest BCUT2D eigenvalue weighted by Crippen LogP contribution is -2.05. The monoisotopic (exact) mass is 272 g/mol. The molecule has 0 aliphatic rings. The number of aromatic nitrogens is 1. The highest BCUT2D eigenvalue weighted by Gasteiger charge is 2.19. The van der Waals surface area contributed by atoms with Crippen molar-refractivity contribution >= 4 is 11.7 Å².